The lowest BCUT2D eigenvalue weighted by Gasteiger charge is -2.08. The van der Waals surface area contributed by atoms with Gasteiger partial charge in [-0.05, 0) is 42.8 Å². The molecule has 31 heavy (non-hydrogen) atoms. The number of benzene rings is 3. The van der Waals surface area contributed by atoms with Gasteiger partial charge in [0.05, 0.1) is 10.5 Å². The fourth-order valence-electron chi connectivity index (χ4n) is 3.25. The molecule has 0 atom stereocenters. The van der Waals surface area contributed by atoms with E-state index in [1.807, 2.05) is 49.4 Å². The molecular weight excluding hydrogens is 414 g/mol. The van der Waals surface area contributed by atoms with Gasteiger partial charge in [-0.2, -0.15) is 0 Å². The third-order valence-corrected chi connectivity index (χ3v) is 5.68. The first-order valence-corrected chi connectivity index (χ1v) is 10.9. The number of sulfonamides is 1. The van der Waals surface area contributed by atoms with Crippen LogP contribution in [0, 0.1) is 6.92 Å². The molecule has 4 aromatic rings. The Kier molecular flexibility index (Phi) is 5.41. The number of hydrogen-bond donors (Lipinski definition) is 2. The molecule has 0 saturated carbocycles. The van der Waals surface area contributed by atoms with Crippen molar-refractivity contribution in [2.75, 3.05) is 5.32 Å². The Labute approximate surface area is 179 Å². The van der Waals surface area contributed by atoms with E-state index in [2.05, 4.69) is 10.5 Å². The van der Waals surface area contributed by atoms with Crippen molar-refractivity contribution in [2.24, 2.45) is 5.14 Å². The largest absolute Gasteiger partial charge is 0.360 e. The van der Waals surface area contributed by atoms with Crippen LogP contribution in [0.25, 0.3) is 22.4 Å². The smallest absolute Gasteiger partial charge is 0.255 e. The maximum absolute atomic E-state index is 12.6. The van der Waals surface area contributed by atoms with Crippen LogP contribution in [0.2, 0.25) is 0 Å². The molecule has 0 aliphatic heterocycles. The highest BCUT2D eigenvalue weighted by atomic mass is 32.2. The van der Waals surface area contributed by atoms with Crippen molar-refractivity contribution in [1.82, 2.24) is 5.16 Å². The summed E-state index contributed by atoms with van der Waals surface area (Å²) in [6.07, 6.45) is 0. The summed E-state index contributed by atoms with van der Waals surface area (Å²) in [5.41, 5.74) is 4.15. The van der Waals surface area contributed by atoms with Gasteiger partial charge in [0, 0.05) is 16.8 Å². The maximum atomic E-state index is 12.6. The number of amides is 1. The summed E-state index contributed by atoms with van der Waals surface area (Å²) >= 11 is 0. The van der Waals surface area contributed by atoms with E-state index in [4.69, 9.17) is 9.66 Å². The van der Waals surface area contributed by atoms with E-state index < -0.39 is 10.0 Å². The molecule has 3 aromatic carbocycles. The van der Waals surface area contributed by atoms with Crippen LogP contribution in [0.4, 0.5) is 5.69 Å². The van der Waals surface area contributed by atoms with Crippen LogP contribution >= 0.6 is 0 Å². The molecule has 1 heterocycles. The highest BCUT2D eigenvalue weighted by Crippen LogP contribution is 2.34. The van der Waals surface area contributed by atoms with Gasteiger partial charge >= 0.3 is 0 Å². The van der Waals surface area contributed by atoms with Crippen LogP contribution < -0.4 is 10.5 Å². The summed E-state index contributed by atoms with van der Waals surface area (Å²) in [6.45, 7) is 1.84. The molecule has 0 radical (unpaired) electrons. The molecule has 156 valence electrons. The predicted molar refractivity (Wildman–Crippen MR) is 118 cm³/mol. The summed E-state index contributed by atoms with van der Waals surface area (Å²) < 4.78 is 28.4. The summed E-state index contributed by atoms with van der Waals surface area (Å²) in [6, 6.07) is 22.5. The third kappa shape index (κ3) is 4.40. The Morgan fingerprint density at radius 1 is 0.935 bits per heavy atom. The molecule has 7 nitrogen and oxygen atoms in total. The molecule has 1 amide bonds. The average molecular weight is 433 g/mol. The molecule has 0 bridgehead atoms. The molecule has 1 aromatic heterocycles. The van der Waals surface area contributed by atoms with Crippen molar-refractivity contribution < 1.29 is 17.7 Å². The van der Waals surface area contributed by atoms with Gasteiger partial charge in [-0.1, -0.05) is 53.7 Å². The van der Waals surface area contributed by atoms with E-state index in [0.717, 1.165) is 22.4 Å². The van der Waals surface area contributed by atoms with Crippen molar-refractivity contribution in [3.63, 3.8) is 0 Å². The Morgan fingerprint density at radius 2 is 1.65 bits per heavy atom. The first-order chi connectivity index (χ1) is 14.8. The second-order valence-electron chi connectivity index (χ2n) is 6.93. The van der Waals surface area contributed by atoms with Gasteiger partial charge in [0.2, 0.25) is 10.0 Å². The van der Waals surface area contributed by atoms with Crippen molar-refractivity contribution in [1.29, 1.82) is 0 Å². The predicted octanol–water partition coefficient (Wildman–Crippen LogP) is 4.22. The van der Waals surface area contributed by atoms with Gasteiger partial charge in [-0.15, -0.1) is 0 Å². The van der Waals surface area contributed by atoms with Crippen molar-refractivity contribution >= 4 is 21.6 Å². The number of aromatic nitrogens is 1. The zero-order valence-electron chi connectivity index (χ0n) is 16.6. The zero-order valence-corrected chi connectivity index (χ0v) is 17.4. The lowest BCUT2D eigenvalue weighted by atomic mass is 9.98. The molecule has 0 spiro atoms. The Morgan fingerprint density at radius 3 is 2.32 bits per heavy atom. The van der Waals surface area contributed by atoms with E-state index in [-0.39, 0.29) is 10.8 Å². The molecular formula is C23H19N3O4S. The average Bonchev–Trinajstić information content (AvgIpc) is 3.15. The Balaban J connectivity index is 1.59. The van der Waals surface area contributed by atoms with Crippen LogP contribution in [0.15, 0.2) is 88.3 Å². The van der Waals surface area contributed by atoms with Gasteiger partial charge in [-0.3, -0.25) is 4.79 Å². The SMILES string of the molecule is Cc1onc(-c2ccccc2)c1-c1ccc(C(=O)Nc2cccc(S(N)(=O)=O)c2)cc1. The molecule has 0 fully saturated rings. The fraction of sp³-hybridized carbons (Fsp3) is 0.0435. The van der Waals surface area contributed by atoms with Gasteiger partial charge in [-0.25, -0.2) is 13.6 Å². The monoisotopic (exact) mass is 433 g/mol. The number of nitrogens with zero attached hydrogens (tertiary/aromatic N) is 1. The molecule has 0 aliphatic carbocycles. The molecule has 3 N–H and O–H groups in total. The van der Waals surface area contributed by atoms with E-state index in [9.17, 15) is 13.2 Å². The van der Waals surface area contributed by atoms with E-state index in [0.29, 0.717) is 17.0 Å². The number of carbonyl (C=O) groups excluding carboxylic acids is 1. The lowest BCUT2D eigenvalue weighted by Crippen LogP contribution is -2.14. The van der Waals surface area contributed by atoms with E-state index in [1.54, 1.807) is 18.2 Å². The number of carbonyl (C=O) groups is 1. The summed E-state index contributed by atoms with van der Waals surface area (Å²) in [7, 11) is -3.85. The molecule has 8 heteroatoms. The van der Waals surface area contributed by atoms with Crippen molar-refractivity contribution in [2.45, 2.75) is 11.8 Å². The molecule has 0 unspecified atom stereocenters. The topological polar surface area (TPSA) is 115 Å². The van der Waals surface area contributed by atoms with E-state index in [1.165, 1.54) is 18.2 Å². The first kappa shape index (κ1) is 20.5. The number of nitrogens with two attached hydrogens (primary N) is 1. The van der Waals surface area contributed by atoms with Gasteiger partial charge < -0.3 is 9.84 Å². The minimum Gasteiger partial charge on any atom is -0.360 e. The Hall–Kier alpha value is -3.75. The fourth-order valence-corrected chi connectivity index (χ4v) is 3.81. The number of rotatable bonds is 5. The first-order valence-electron chi connectivity index (χ1n) is 9.39. The van der Waals surface area contributed by atoms with Crippen molar-refractivity contribution in [3.05, 3.63) is 90.2 Å². The number of aryl methyl sites for hydroxylation is 1. The number of hydrogen-bond acceptors (Lipinski definition) is 5. The minimum absolute atomic E-state index is 0.0722. The third-order valence-electron chi connectivity index (χ3n) is 4.77. The quantitative estimate of drug-likeness (QED) is 0.489. The summed E-state index contributed by atoms with van der Waals surface area (Å²) in [5.74, 6) is 0.305. The minimum atomic E-state index is -3.85. The second kappa shape index (κ2) is 8.17. The van der Waals surface area contributed by atoms with Crippen LogP contribution in [-0.2, 0) is 10.0 Å². The van der Waals surface area contributed by atoms with Gasteiger partial charge in [0.25, 0.3) is 5.91 Å². The van der Waals surface area contributed by atoms with Crippen LogP contribution in [-0.4, -0.2) is 19.5 Å². The summed E-state index contributed by atoms with van der Waals surface area (Å²) in [4.78, 5) is 12.5. The van der Waals surface area contributed by atoms with Crippen molar-refractivity contribution in [3.8, 4) is 22.4 Å². The molecule has 0 aliphatic rings. The van der Waals surface area contributed by atoms with Crippen LogP contribution in [0.1, 0.15) is 16.1 Å². The normalized spacial score (nSPS) is 11.3. The second-order valence-corrected chi connectivity index (χ2v) is 8.49. The molecule has 0 saturated heterocycles. The van der Waals surface area contributed by atoms with Crippen LogP contribution in [0.3, 0.4) is 0 Å². The zero-order chi connectivity index (χ0) is 22.0. The Bertz CT molecular complexity index is 1350. The van der Waals surface area contributed by atoms with Gasteiger partial charge in [0.15, 0.2) is 0 Å². The van der Waals surface area contributed by atoms with E-state index >= 15 is 0 Å². The van der Waals surface area contributed by atoms with Crippen LogP contribution in [0.5, 0.6) is 0 Å². The lowest BCUT2D eigenvalue weighted by molar-refractivity contribution is 0.102. The standard InChI is InChI=1S/C23H19N3O4S/c1-15-21(22(26-30-15)17-6-3-2-4-7-17)16-10-12-18(13-11-16)23(27)25-19-8-5-9-20(14-19)31(24,28)29/h2-14H,1H3,(H,25,27)(H2,24,28,29). The maximum Gasteiger partial charge on any atom is 0.255 e. The highest BCUT2D eigenvalue weighted by Gasteiger charge is 2.17. The summed E-state index contributed by atoms with van der Waals surface area (Å²) in [5, 5.41) is 12.0. The van der Waals surface area contributed by atoms with Gasteiger partial charge in [0.1, 0.15) is 11.5 Å². The number of nitrogens with one attached hydrogen (secondary N) is 1. The highest BCUT2D eigenvalue weighted by molar-refractivity contribution is 7.89. The number of anilines is 1. The number of primary sulfonamides is 1. The molecule has 4 rings (SSSR count).